The molecule has 0 fully saturated rings. The highest BCUT2D eigenvalue weighted by atomic mass is 35.5. The number of hydrogen-bond acceptors (Lipinski definition) is 4. The maximum Gasteiger partial charge on any atom is 0.251 e. The van der Waals surface area contributed by atoms with E-state index in [1.54, 1.807) is 11.6 Å². The predicted molar refractivity (Wildman–Crippen MR) is 80.2 cm³/mol. The molecule has 1 N–H and O–H groups in total. The van der Waals surface area contributed by atoms with Crippen LogP contribution in [-0.2, 0) is 5.88 Å². The lowest BCUT2D eigenvalue weighted by Gasteiger charge is -2.03. The third-order valence-electron chi connectivity index (χ3n) is 2.75. The van der Waals surface area contributed by atoms with Crippen LogP contribution in [0.3, 0.4) is 0 Å². The maximum absolute atomic E-state index is 11.4. The molecule has 0 aliphatic rings. The largest absolute Gasteiger partial charge is 0.301 e. The highest BCUT2D eigenvalue weighted by Crippen LogP contribution is 2.25. The van der Waals surface area contributed by atoms with E-state index in [0.717, 1.165) is 10.9 Å². The molecule has 0 saturated carbocycles. The van der Waals surface area contributed by atoms with E-state index in [0.29, 0.717) is 21.9 Å². The van der Waals surface area contributed by atoms with E-state index >= 15 is 0 Å². The molecule has 0 bridgehead atoms. The Labute approximate surface area is 124 Å². The van der Waals surface area contributed by atoms with Crippen molar-refractivity contribution in [1.82, 2.24) is 19.7 Å². The van der Waals surface area contributed by atoms with Gasteiger partial charge >= 0.3 is 0 Å². The van der Waals surface area contributed by atoms with E-state index in [-0.39, 0.29) is 5.56 Å². The first kappa shape index (κ1) is 13.2. The van der Waals surface area contributed by atoms with Crippen LogP contribution >= 0.6 is 23.4 Å². The SMILES string of the molecule is Cc1cc(=O)[nH]c(SCn2nc3ccccc3c2Cl)n1. The molecule has 0 aliphatic carbocycles. The Bertz CT molecular complexity index is 827. The lowest BCUT2D eigenvalue weighted by Crippen LogP contribution is -2.08. The number of aromatic amines is 1. The molecule has 0 spiro atoms. The molecule has 1 aromatic carbocycles. The maximum atomic E-state index is 11.4. The molecule has 0 aliphatic heterocycles. The van der Waals surface area contributed by atoms with Gasteiger partial charge in [0.2, 0.25) is 0 Å². The third-order valence-corrected chi connectivity index (χ3v) is 3.99. The molecule has 0 radical (unpaired) electrons. The molecule has 3 rings (SSSR count). The van der Waals surface area contributed by atoms with Gasteiger partial charge in [-0.1, -0.05) is 35.5 Å². The molecule has 0 amide bonds. The smallest absolute Gasteiger partial charge is 0.251 e. The summed E-state index contributed by atoms with van der Waals surface area (Å²) in [4.78, 5) is 18.3. The number of benzene rings is 1. The van der Waals surface area contributed by atoms with Crippen LogP contribution in [0.25, 0.3) is 10.9 Å². The zero-order chi connectivity index (χ0) is 14.1. The van der Waals surface area contributed by atoms with Gasteiger partial charge < -0.3 is 4.98 Å². The second kappa shape index (κ2) is 5.30. The first-order valence-electron chi connectivity index (χ1n) is 5.95. The normalized spacial score (nSPS) is 11.1. The van der Waals surface area contributed by atoms with Crippen LogP contribution in [-0.4, -0.2) is 19.7 Å². The molecule has 0 atom stereocenters. The topological polar surface area (TPSA) is 63.6 Å². The summed E-state index contributed by atoms with van der Waals surface area (Å²) in [5.74, 6) is 0.486. The molecule has 102 valence electrons. The number of rotatable bonds is 3. The Morgan fingerprint density at radius 1 is 1.40 bits per heavy atom. The van der Waals surface area contributed by atoms with Crippen molar-refractivity contribution in [3.8, 4) is 0 Å². The molecule has 7 heteroatoms. The number of thioether (sulfide) groups is 1. The minimum absolute atomic E-state index is 0.156. The van der Waals surface area contributed by atoms with Crippen molar-refractivity contribution in [2.45, 2.75) is 18.0 Å². The van der Waals surface area contributed by atoms with E-state index in [1.807, 2.05) is 24.3 Å². The van der Waals surface area contributed by atoms with Crippen molar-refractivity contribution in [1.29, 1.82) is 0 Å². The zero-order valence-corrected chi connectivity index (χ0v) is 12.2. The monoisotopic (exact) mass is 306 g/mol. The zero-order valence-electron chi connectivity index (χ0n) is 10.6. The van der Waals surface area contributed by atoms with Crippen LogP contribution in [0.15, 0.2) is 40.3 Å². The minimum Gasteiger partial charge on any atom is -0.301 e. The fourth-order valence-electron chi connectivity index (χ4n) is 1.88. The van der Waals surface area contributed by atoms with Crippen LogP contribution < -0.4 is 5.56 Å². The van der Waals surface area contributed by atoms with Crippen LogP contribution in [0.4, 0.5) is 0 Å². The van der Waals surface area contributed by atoms with Gasteiger partial charge in [0.1, 0.15) is 5.15 Å². The Morgan fingerprint density at radius 2 is 2.20 bits per heavy atom. The first-order valence-corrected chi connectivity index (χ1v) is 7.31. The highest BCUT2D eigenvalue weighted by Gasteiger charge is 2.09. The van der Waals surface area contributed by atoms with Gasteiger partial charge in [0.15, 0.2) is 5.16 Å². The second-order valence-corrected chi connectivity index (χ2v) is 5.56. The van der Waals surface area contributed by atoms with Crippen molar-refractivity contribution < 1.29 is 0 Å². The van der Waals surface area contributed by atoms with Crippen molar-refractivity contribution in [2.75, 3.05) is 0 Å². The summed E-state index contributed by atoms with van der Waals surface area (Å²) in [6.45, 7) is 1.79. The van der Waals surface area contributed by atoms with Gasteiger partial charge in [0.25, 0.3) is 5.56 Å². The summed E-state index contributed by atoms with van der Waals surface area (Å²) in [5.41, 5.74) is 1.38. The van der Waals surface area contributed by atoms with E-state index in [9.17, 15) is 4.79 Å². The number of aromatic nitrogens is 4. The number of nitrogens with one attached hydrogen (secondary N) is 1. The number of hydrogen-bond donors (Lipinski definition) is 1. The van der Waals surface area contributed by atoms with E-state index < -0.39 is 0 Å². The Hall–Kier alpha value is -1.79. The van der Waals surface area contributed by atoms with E-state index in [2.05, 4.69) is 15.1 Å². The van der Waals surface area contributed by atoms with E-state index in [4.69, 9.17) is 11.6 Å². The van der Waals surface area contributed by atoms with Gasteiger partial charge in [-0.2, -0.15) is 5.10 Å². The summed E-state index contributed by atoms with van der Waals surface area (Å²) in [7, 11) is 0. The fraction of sp³-hybridized carbons (Fsp3) is 0.154. The third kappa shape index (κ3) is 2.57. The number of fused-ring (bicyclic) bond motifs is 1. The van der Waals surface area contributed by atoms with Gasteiger partial charge in [-0.05, 0) is 19.1 Å². The lowest BCUT2D eigenvalue weighted by atomic mass is 10.3. The van der Waals surface area contributed by atoms with Gasteiger partial charge in [-0.15, -0.1) is 0 Å². The predicted octanol–water partition coefficient (Wildman–Crippen LogP) is 2.83. The summed E-state index contributed by atoms with van der Waals surface area (Å²) < 4.78 is 1.69. The Balaban J connectivity index is 1.86. The van der Waals surface area contributed by atoms with Crippen molar-refractivity contribution in [3.05, 3.63) is 51.5 Å². The summed E-state index contributed by atoms with van der Waals surface area (Å²) >= 11 is 7.66. The minimum atomic E-state index is -0.156. The fourth-order valence-corrected chi connectivity index (χ4v) is 3.02. The van der Waals surface area contributed by atoms with Gasteiger partial charge in [0, 0.05) is 17.1 Å². The molecule has 3 aromatic rings. The van der Waals surface area contributed by atoms with Crippen molar-refractivity contribution >= 4 is 34.3 Å². The van der Waals surface area contributed by atoms with Gasteiger partial charge in [-0.3, -0.25) is 4.79 Å². The summed E-state index contributed by atoms with van der Waals surface area (Å²) in [6, 6.07) is 9.14. The van der Waals surface area contributed by atoms with Crippen LogP contribution in [0.5, 0.6) is 0 Å². The Kier molecular flexibility index (Phi) is 3.50. The van der Waals surface area contributed by atoms with Crippen molar-refractivity contribution in [2.24, 2.45) is 0 Å². The molecule has 5 nitrogen and oxygen atoms in total. The molecule has 0 saturated heterocycles. The summed E-state index contributed by atoms with van der Waals surface area (Å²) in [6.07, 6.45) is 0. The standard InChI is InChI=1S/C13H11ClN4OS/c1-8-6-11(19)16-13(15-8)20-7-18-12(14)9-4-2-3-5-10(9)17-18/h2-6H,7H2,1H3,(H,15,16,19). The van der Waals surface area contributed by atoms with Crippen LogP contribution in [0.1, 0.15) is 5.69 Å². The average molecular weight is 307 g/mol. The van der Waals surface area contributed by atoms with Gasteiger partial charge in [-0.25, -0.2) is 9.67 Å². The quantitative estimate of drug-likeness (QED) is 0.597. The Morgan fingerprint density at radius 3 is 2.95 bits per heavy atom. The summed E-state index contributed by atoms with van der Waals surface area (Å²) in [5, 5.41) is 6.48. The average Bonchev–Trinajstić information content (AvgIpc) is 2.73. The first-order chi connectivity index (χ1) is 9.63. The number of nitrogens with zero attached hydrogens (tertiary/aromatic N) is 3. The molecule has 2 heterocycles. The lowest BCUT2D eigenvalue weighted by molar-refractivity contribution is 0.757. The number of aryl methyl sites for hydroxylation is 1. The highest BCUT2D eigenvalue weighted by molar-refractivity contribution is 7.98. The number of H-pyrrole nitrogens is 1. The molecular weight excluding hydrogens is 296 g/mol. The van der Waals surface area contributed by atoms with E-state index in [1.165, 1.54) is 17.8 Å². The van der Waals surface area contributed by atoms with Crippen LogP contribution in [0.2, 0.25) is 5.15 Å². The van der Waals surface area contributed by atoms with Crippen molar-refractivity contribution in [3.63, 3.8) is 0 Å². The second-order valence-electron chi connectivity index (χ2n) is 4.27. The molecule has 0 unspecified atom stereocenters. The number of halogens is 1. The molecular formula is C13H11ClN4OS. The van der Waals surface area contributed by atoms with Gasteiger partial charge in [0.05, 0.1) is 11.4 Å². The molecule has 20 heavy (non-hydrogen) atoms. The molecule has 2 aromatic heterocycles. The van der Waals surface area contributed by atoms with Crippen LogP contribution in [0, 0.1) is 6.92 Å².